The van der Waals surface area contributed by atoms with Crippen LogP contribution in [0, 0.1) is 18.3 Å². The number of nitrogens with one attached hydrogen (secondary N) is 1. The molecule has 2 aromatic rings. The van der Waals surface area contributed by atoms with Crippen LogP contribution in [0.4, 0.5) is 5.88 Å². The van der Waals surface area contributed by atoms with E-state index in [1.807, 2.05) is 37.3 Å². The fraction of sp³-hybridized carbons (Fsp3) is 0.421. The summed E-state index contributed by atoms with van der Waals surface area (Å²) in [6.45, 7) is 4.24. The van der Waals surface area contributed by atoms with Gasteiger partial charge >= 0.3 is 0 Å². The van der Waals surface area contributed by atoms with Crippen molar-refractivity contribution in [1.82, 2.24) is 4.98 Å². The van der Waals surface area contributed by atoms with E-state index in [4.69, 9.17) is 9.68 Å². The third-order valence-electron chi connectivity index (χ3n) is 3.73. The summed E-state index contributed by atoms with van der Waals surface area (Å²) in [4.78, 5) is 4.22. The highest BCUT2D eigenvalue weighted by molar-refractivity contribution is 5.80. The van der Waals surface area contributed by atoms with Crippen LogP contribution in [-0.2, 0) is 6.42 Å². The highest BCUT2D eigenvalue weighted by Gasteiger charge is 2.12. The molecule has 0 atom stereocenters. The molecule has 1 aromatic heterocycles. The largest absolute Gasteiger partial charge is 0.422 e. The molecule has 0 bridgehead atoms. The molecule has 1 aromatic carbocycles. The van der Waals surface area contributed by atoms with Crippen LogP contribution < -0.4 is 5.43 Å². The Bertz CT molecular complexity index is 695. The summed E-state index contributed by atoms with van der Waals surface area (Å²) < 4.78 is 5.61. The molecule has 0 fully saturated rings. The van der Waals surface area contributed by atoms with Crippen LogP contribution in [0.25, 0.3) is 0 Å². The monoisotopic (exact) mass is 324 g/mol. The van der Waals surface area contributed by atoms with Crippen LogP contribution in [0.3, 0.4) is 0 Å². The minimum atomic E-state index is 0.250. The van der Waals surface area contributed by atoms with Crippen molar-refractivity contribution in [2.45, 2.75) is 52.4 Å². The molecule has 0 aliphatic carbocycles. The summed E-state index contributed by atoms with van der Waals surface area (Å²) in [5.41, 5.74) is 5.20. The van der Waals surface area contributed by atoms with Gasteiger partial charge < -0.3 is 4.42 Å². The third-order valence-corrected chi connectivity index (χ3v) is 3.73. The predicted octanol–water partition coefficient (Wildman–Crippen LogP) is 4.81. The van der Waals surface area contributed by atoms with Crippen LogP contribution in [0.5, 0.6) is 0 Å². The van der Waals surface area contributed by atoms with E-state index in [1.165, 1.54) is 24.8 Å². The van der Waals surface area contributed by atoms with Gasteiger partial charge in [0.1, 0.15) is 6.07 Å². The molecule has 24 heavy (non-hydrogen) atoms. The first-order valence-corrected chi connectivity index (χ1v) is 8.48. The minimum Gasteiger partial charge on any atom is -0.422 e. The number of nitrogens with zero attached hydrogens (tertiary/aromatic N) is 3. The highest BCUT2D eigenvalue weighted by atomic mass is 16.4. The van der Waals surface area contributed by atoms with Crippen LogP contribution in [0.2, 0.25) is 0 Å². The summed E-state index contributed by atoms with van der Waals surface area (Å²) in [5, 5.41) is 13.3. The second kappa shape index (κ2) is 9.51. The molecule has 2 rings (SSSR count). The molecule has 0 radical (unpaired) electrons. The molecule has 1 N–H and O–H groups in total. The summed E-state index contributed by atoms with van der Waals surface area (Å²) >= 11 is 0. The lowest BCUT2D eigenvalue weighted by Crippen LogP contribution is -1.91. The molecular weight excluding hydrogens is 300 g/mol. The smallest absolute Gasteiger partial charge is 0.252 e. The highest BCUT2D eigenvalue weighted by Crippen LogP contribution is 2.18. The lowest BCUT2D eigenvalue weighted by molar-refractivity contribution is 0.488. The van der Waals surface area contributed by atoms with E-state index in [-0.39, 0.29) is 5.69 Å². The number of aromatic nitrogens is 1. The van der Waals surface area contributed by atoms with E-state index < -0.39 is 0 Å². The zero-order valence-electron chi connectivity index (χ0n) is 14.4. The fourth-order valence-electron chi connectivity index (χ4n) is 2.32. The van der Waals surface area contributed by atoms with Gasteiger partial charge in [-0.15, -0.1) is 0 Å². The fourth-order valence-corrected chi connectivity index (χ4v) is 2.32. The van der Waals surface area contributed by atoms with Gasteiger partial charge in [0, 0.05) is 6.42 Å². The first-order chi connectivity index (χ1) is 11.7. The van der Waals surface area contributed by atoms with Crippen molar-refractivity contribution >= 4 is 12.1 Å². The molecular formula is C19H24N4O. The molecule has 0 saturated carbocycles. The number of anilines is 1. The number of unbranched alkanes of at least 4 members (excludes halogenated alkanes) is 4. The zero-order valence-corrected chi connectivity index (χ0v) is 14.4. The Hall–Kier alpha value is -2.61. The summed E-state index contributed by atoms with van der Waals surface area (Å²) in [7, 11) is 0. The Morgan fingerprint density at radius 3 is 2.67 bits per heavy atom. The predicted molar refractivity (Wildman–Crippen MR) is 96.1 cm³/mol. The first kappa shape index (κ1) is 17.7. The van der Waals surface area contributed by atoms with Crippen molar-refractivity contribution < 1.29 is 4.42 Å². The maximum atomic E-state index is 9.16. The summed E-state index contributed by atoms with van der Waals surface area (Å²) in [6.07, 6.45) is 8.34. The zero-order chi connectivity index (χ0) is 17.2. The van der Waals surface area contributed by atoms with Gasteiger partial charge in [-0.1, -0.05) is 62.4 Å². The Morgan fingerprint density at radius 2 is 1.96 bits per heavy atom. The summed E-state index contributed by atoms with van der Waals surface area (Å²) in [6, 6.07) is 10.0. The number of hydrogen-bond acceptors (Lipinski definition) is 5. The lowest BCUT2D eigenvalue weighted by atomic mass is 10.1. The SMILES string of the molecule is CCCCCCCc1nc(C#N)c(N/N=C/c2ccc(C)cc2)o1. The van der Waals surface area contributed by atoms with Crippen molar-refractivity contribution in [3.05, 3.63) is 47.0 Å². The van der Waals surface area contributed by atoms with E-state index in [2.05, 4.69) is 22.4 Å². The average molecular weight is 324 g/mol. The van der Waals surface area contributed by atoms with Crippen LogP contribution in [0.15, 0.2) is 33.8 Å². The van der Waals surface area contributed by atoms with Crippen LogP contribution in [-0.4, -0.2) is 11.2 Å². The number of hydrazone groups is 1. The molecule has 0 aliphatic rings. The van der Waals surface area contributed by atoms with Gasteiger partial charge in [-0.3, -0.25) is 0 Å². The molecule has 0 saturated heterocycles. The standard InChI is InChI=1S/C19H24N4O/c1-3-4-5-6-7-8-18-22-17(13-20)19(24-18)23-21-14-16-11-9-15(2)10-12-16/h9-12,14,23H,3-8H2,1-2H3/b21-14+. The maximum absolute atomic E-state index is 9.16. The van der Waals surface area contributed by atoms with Gasteiger partial charge in [-0.2, -0.15) is 10.4 Å². The number of benzene rings is 1. The van der Waals surface area contributed by atoms with Crippen LogP contribution in [0.1, 0.15) is 61.7 Å². The molecule has 0 unspecified atom stereocenters. The van der Waals surface area contributed by atoms with E-state index in [0.29, 0.717) is 11.8 Å². The summed E-state index contributed by atoms with van der Waals surface area (Å²) in [5.74, 6) is 0.903. The molecule has 0 aliphatic heterocycles. The van der Waals surface area contributed by atoms with Crippen molar-refractivity contribution in [2.75, 3.05) is 5.43 Å². The van der Waals surface area contributed by atoms with Crippen molar-refractivity contribution in [2.24, 2.45) is 5.10 Å². The minimum absolute atomic E-state index is 0.250. The lowest BCUT2D eigenvalue weighted by Gasteiger charge is -1.97. The van der Waals surface area contributed by atoms with E-state index in [9.17, 15) is 0 Å². The normalized spacial score (nSPS) is 10.9. The molecule has 5 heteroatoms. The van der Waals surface area contributed by atoms with Gasteiger partial charge in [-0.25, -0.2) is 10.4 Å². The van der Waals surface area contributed by atoms with Crippen LogP contribution >= 0.6 is 0 Å². The number of hydrogen-bond donors (Lipinski definition) is 1. The second-order valence-corrected chi connectivity index (χ2v) is 5.84. The Kier molecular flexibility index (Phi) is 7.03. The molecule has 126 valence electrons. The van der Waals surface area contributed by atoms with Crippen molar-refractivity contribution in [1.29, 1.82) is 5.26 Å². The van der Waals surface area contributed by atoms with E-state index in [0.717, 1.165) is 24.8 Å². The molecule has 0 spiro atoms. The Balaban J connectivity index is 1.90. The quantitative estimate of drug-likeness (QED) is 0.408. The average Bonchev–Trinajstić information content (AvgIpc) is 2.99. The number of nitriles is 1. The number of aryl methyl sites for hydroxylation is 2. The van der Waals surface area contributed by atoms with Gasteiger partial charge in [0.05, 0.1) is 6.21 Å². The topological polar surface area (TPSA) is 74.2 Å². The van der Waals surface area contributed by atoms with Gasteiger partial charge in [0.2, 0.25) is 5.69 Å². The van der Waals surface area contributed by atoms with Crippen molar-refractivity contribution in [3.63, 3.8) is 0 Å². The van der Waals surface area contributed by atoms with Gasteiger partial charge in [0.25, 0.3) is 5.88 Å². The number of rotatable bonds is 9. The third kappa shape index (κ3) is 5.54. The maximum Gasteiger partial charge on any atom is 0.252 e. The molecule has 0 amide bonds. The first-order valence-electron chi connectivity index (χ1n) is 8.48. The molecule has 1 heterocycles. The van der Waals surface area contributed by atoms with E-state index in [1.54, 1.807) is 6.21 Å². The molecule has 5 nitrogen and oxygen atoms in total. The van der Waals surface area contributed by atoms with Gasteiger partial charge in [0.15, 0.2) is 5.89 Å². The Morgan fingerprint density at radius 1 is 1.21 bits per heavy atom. The van der Waals surface area contributed by atoms with Gasteiger partial charge in [-0.05, 0) is 18.9 Å². The van der Waals surface area contributed by atoms with Crippen molar-refractivity contribution in [3.8, 4) is 6.07 Å². The second-order valence-electron chi connectivity index (χ2n) is 5.84. The number of oxazole rings is 1. The Labute approximate surface area is 143 Å². The van der Waals surface area contributed by atoms with E-state index >= 15 is 0 Å².